The molecule has 4 aromatic heterocycles. The molecule has 4 nitrogen and oxygen atoms in total. The predicted molar refractivity (Wildman–Crippen MR) is 190 cm³/mol. The van der Waals surface area contributed by atoms with Gasteiger partial charge in [-0.2, -0.15) is 21.0 Å². The summed E-state index contributed by atoms with van der Waals surface area (Å²) in [4.78, 5) is 9.94. The van der Waals surface area contributed by atoms with Gasteiger partial charge in [-0.25, -0.2) is 0 Å². The van der Waals surface area contributed by atoms with E-state index in [0.29, 0.717) is 0 Å². The molecule has 0 aromatic carbocycles. The zero-order valence-electron chi connectivity index (χ0n) is 25.1. The van der Waals surface area contributed by atoms with E-state index < -0.39 is 0 Å². The van der Waals surface area contributed by atoms with Crippen LogP contribution in [0.25, 0.3) is 42.8 Å². The van der Waals surface area contributed by atoms with Crippen molar-refractivity contribution in [3.63, 3.8) is 0 Å². The molecule has 0 N–H and O–H groups in total. The van der Waals surface area contributed by atoms with Crippen LogP contribution in [0.15, 0.2) is 47.5 Å². The molecule has 4 heterocycles. The van der Waals surface area contributed by atoms with Gasteiger partial charge in [0.05, 0.1) is 0 Å². The number of fused-ring (bicyclic) bond motifs is 8. The third kappa shape index (κ3) is 4.36. The quantitative estimate of drug-likeness (QED) is 0.202. The summed E-state index contributed by atoms with van der Waals surface area (Å²) in [6, 6.07) is 21.3. The van der Waals surface area contributed by atoms with Crippen molar-refractivity contribution in [2.45, 2.75) is 75.0 Å². The number of nitrogens with zero attached hydrogens (tertiary/aromatic N) is 4. The summed E-state index contributed by atoms with van der Waals surface area (Å²) in [7, 11) is 0. The Morgan fingerprint density at radius 2 is 0.913 bits per heavy atom. The Morgan fingerprint density at radius 3 is 1.28 bits per heavy atom. The summed E-state index contributed by atoms with van der Waals surface area (Å²) in [6.07, 6.45) is 15.8. The predicted octanol–water partition coefficient (Wildman–Crippen LogP) is 11.5. The third-order valence-corrected chi connectivity index (χ3v) is 15.1. The fourth-order valence-electron chi connectivity index (χ4n) is 8.46. The zero-order valence-corrected chi connectivity index (χ0v) is 28.4. The van der Waals surface area contributed by atoms with E-state index in [1.807, 2.05) is 59.1 Å². The van der Waals surface area contributed by atoms with E-state index in [9.17, 15) is 21.0 Å². The summed E-state index contributed by atoms with van der Waals surface area (Å²) in [6.45, 7) is 0. The first kappa shape index (κ1) is 29.4. The molecule has 0 bridgehead atoms. The van der Waals surface area contributed by atoms with Gasteiger partial charge in [-0.15, -0.1) is 45.3 Å². The topological polar surface area (TPSA) is 95.2 Å². The Bertz CT molecular complexity index is 1980. The maximum Gasteiger partial charge on any atom is 0.131 e. The van der Waals surface area contributed by atoms with Crippen molar-refractivity contribution in [2.75, 3.05) is 0 Å². The molecule has 224 valence electrons. The minimum absolute atomic E-state index is 0.0576. The zero-order chi connectivity index (χ0) is 31.5. The van der Waals surface area contributed by atoms with E-state index >= 15 is 0 Å². The van der Waals surface area contributed by atoms with Crippen LogP contribution in [-0.4, -0.2) is 0 Å². The van der Waals surface area contributed by atoms with Gasteiger partial charge in [0.25, 0.3) is 0 Å². The fraction of sp³-hybridized carbons (Fsp3) is 0.316. The maximum absolute atomic E-state index is 9.27. The number of hydrogen-bond donors (Lipinski definition) is 0. The Labute approximate surface area is 285 Å². The second-order valence-electron chi connectivity index (χ2n) is 12.7. The summed E-state index contributed by atoms with van der Waals surface area (Å²) < 4.78 is 0. The van der Waals surface area contributed by atoms with Crippen molar-refractivity contribution in [3.05, 3.63) is 78.2 Å². The third-order valence-electron chi connectivity index (χ3n) is 10.4. The van der Waals surface area contributed by atoms with Crippen LogP contribution < -0.4 is 0 Å². The van der Waals surface area contributed by atoms with Crippen molar-refractivity contribution in [3.8, 4) is 43.8 Å². The fourth-order valence-corrected chi connectivity index (χ4v) is 13.3. The molecule has 2 spiro atoms. The van der Waals surface area contributed by atoms with E-state index in [-0.39, 0.29) is 22.0 Å². The lowest BCUT2D eigenvalue weighted by Crippen LogP contribution is -2.28. The highest BCUT2D eigenvalue weighted by molar-refractivity contribution is 7.24. The molecule has 8 rings (SSSR count). The maximum atomic E-state index is 9.27. The first-order valence-electron chi connectivity index (χ1n) is 15.8. The average Bonchev–Trinajstić information content (AvgIpc) is 3.93. The number of thiophene rings is 4. The highest BCUT2D eigenvalue weighted by Crippen LogP contribution is 2.72. The van der Waals surface area contributed by atoms with Gasteiger partial charge in [0.2, 0.25) is 0 Å². The van der Waals surface area contributed by atoms with E-state index in [4.69, 9.17) is 0 Å². The molecule has 0 saturated heterocycles. The smallest absolute Gasteiger partial charge is 0.131 e. The van der Waals surface area contributed by atoms with Crippen LogP contribution in [0.2, 0.25) is 0 Å². The van der Waals surface area contributed by atoms with E-state index in [2.05, 4.69) is 24.3 Å². The minimum atomic E-state index is 0.0576. The molecule has 0 unspecified atom stereocenters. The Kier molecular flexibility index (Phi) is 7.25. The molecular formula is C38H28N4S4. The van der Waals surface area contributed by atoms with E-state index in [1.54, 1.807) is 57.1 Å². The van der Waals surface area contributed by atoms with Crippen LogP contribution >= 0.6 is 45.3 Å². The van der Waals surface area contributed by atoms with Crippen LogP contribution in [0.3, 0.4) is 0 Å². The molecule has 0 aliphatic heterocycles. The Hall–Kier alpha value is -4.02. The number of rotatable bonds is 4. The molecular weight excluding hydrogens is 641 g/mol. The SMILES string of the molecule is N#CC(C#N)=Cc1ccc(-c2cc3c(s2)C2=C(c4sc(-c5ccc(C=C(C#N)C#N)s5)cc4C24CCCCC4)C32CCCCC2)s1. The summed E-state index contributed by atoms with van der Waals surface area (Å²) >= 11 is 7.27. The van der Waals surface area contributed by atoms with Crippen molar-refractivity contribution in [2.24, 2.45) is 0 Å². The Balaban J connectivity index is 1.28. The van der Waals surface area contributed by atoms with Crippen molar-refractivity contribution < 1.29 is 0 Å². The van der Waals surface area contributed by atoms with Crippen LogP contribution in [0.4, 0.5) is 0 Å². The van der Waals surface area contributed by atoms with E-state index in [1.165, 1.54) is 93.5 Å². The first-order valence-corrected chi connectivity index (χ1v) is 19.1. The lowest BCUT2D eigenvalue weighted by atomic mass is 9.67. The standard InChI is InChI=1S/C38H28N4S4/c39-19-23(20-40)15-25-7-9-29(43-25)31-17-27-35(45-31)34-33(37(27)11-3-1-4-12-37)36-28(38(34)13-5-2-6-14-38)18-32(46-36)30-10-8-26(44-30)16-24(21-41)22-42/h7-10,15-18H,1-6,11-14H2. The van der Waals surface area contributed by atoms with Gasteiger partial charge in [-0.3, -0.25) is 0 Å². The molecule has 46 heavy (non-hydrogen) atoms. The van der Waals surface area contributed by atoms with Gasteiger partial charge in [0.1, 0.15) is 35.4 Å². The lowest BCUT2D eigenvalue weighted by molar-refractivity contribution is 0.373. The minimum Gasteiger partial charge on any atom is -0.192 e. The van der Waals surface area contributed by atoms with Crippen LogP contribution in [0, 0.1) is 45.3 Å². The van der Waals surface area contributed by atoms with Gasteiger partial charge in [-0.05, 0) is 96.5 Å². The Morgan fingerprint density at radius 1 is 0.522 bits per heavy atom. The molecule has 0 amide bonds. The summed E-state index contributed by atoms with van der Waals surface area (Å²) in [5.74, 6) is 0. The molecule has 0 radical (unpaired) electrons. The summed E-state index contributed by atoms with van der Waals surface area (Å²) in [5.41, 5.74) is 6.77. The molecule has 8 heteroatoms. The van der Waals surface area contributed by atoms with Gasteiger partial charge >= 0.3 is 0 Å². The van der Waals surface area contributed by atoms with E-state index in [0.717, 1.165) is 9.75 Å². The second kappa shape index (κ2) is 11.3. The van der Waals surface area contributed by atoms with Crippen molar-refractivity contribution >= 4 is 68.6 Å². The summed E-state index contributed by atoms with van der Waals surface area (Å²) in [5, 5.41) is 37.1. The van der Waals surface area contributed by atoms with Crippen molar-refractivity contribution in [1.82, 2.24) is 0 Å². The lowest BCUT2D eigenvalue weighted by Gasteiger charge is -2.37. The monoisotopic (exact) mass is 668 g/mol. The highest BCUT2D eigenvalue weighted by Gasteiger charge is 2.58. The van der Waals surface area contributed by atoms with Crippen LogP contribution in [0.1, 0.15) is 94.8 Å². The molecule has 2 saturated carbocycles. The average molecular weight is 669 g/mol. The number of allylic oxidation sites excluding steroid dienone is 4. The number of hydrogen-bond acceptors (Lipinski definition) is 8. The number of nitriles is 4. The molecule has 2 fully saturated rings. The normalized spacial score (nSPS) is 18.2. The molecule has 0 atom stereocenters. The van der Waals surface area contributed by atoms with Crippen LogP contribution in [-0.2, 0) is 10.8 Å². The second-order valence-corrected chi connectivity index (χ2v) is 17.0. The van der Waals surface area contributed by atoms with Gasteiger partial charge < -0.3 is 0 Å². The molecule has 4 aromatic rings. The van der Waals surface area contributed by atoms with Gasteiger partial charge in [0.15, 0.2) is 0 Å². The van der Waals surface area contributed by atoms with Gasteiger partial charge in [-0.1, -0.05) is 38.5 Å². The van der Waals surface area contributed by atoms with Crippen molar-refractivity contribution in [1.29, 1.82) is 21.0 Å². The molecule has 4 aliphatic carbocycles. The highest BCUT2D eigenvalue weighted by atomic mass is 32.1. The molecule has 4 aliphatic rings. The van der Waals surface area contributed by atoms with Crippen LogP contribution in [0.5, 0.6) is 0 Å². The largest absolute Gasteiger partial charge is 0.192 e. The van der Waals surface area contributed by atoms with Gasteiger partial charge in [0, 0.05) is 49.8 Å². The first-order chi connectivity index (χ1) is 22.5.